The minimum absolute atomic E-state index is 0.0605. The fraction of sp³-hybridized carbons (Fsp3) is 0.333. The van der Waals surface area contributed by atoms with Crippen LogP contribution in [-0.2, 0) is 16.0 Å². The van der Waals surface area contributed by atoms with Crippen LogP contribution >= 0.6 is 11.6 Å². The van der Waals surface area contributed by atoms with E-state index in [0.717, 1.165) is 5.56 Å². The van der Waals surface area contributed by atoms with Gasteiger partial charge in [-0.25, -0.2) is 0 Å². The molecule has 17 heavy (non-hydrogen) atoms. The van der Waals surface area contributed by atoms with E-state index in [2.05, 4.69) is 5.32 Å². The molecule has 1 aromatic carbocycles. The molecule has 4 nitrogen and oxygen atoms in total. The van der Waals surface area contributed by atoms with Crippen LogP contribution in [0.2, 0.25) is 0 Å². The number of benzene rings is 1. The fourth-order valence-corrected chi connectivity index (χ4v) is 1.75. The van der Waals surface area contributed by atoms with Crippen LogP contribution in [0.15, 0.2) is 24.3 Å². The highest BCUT2D eigenvalue weighted by atomic mass is 35.5. The third kappa shape index (κ3) is 5.36. The van der Waals surface area contributed by atoms with E-state index in [4.69, 9.17) is 16.7 Å². The number of halogens is 1. The third-order valence-electron chi connectivity index (χ3n) is 2.13. The Bertz CT molecular complexity index is 403. The van der Waals surface area contributed by atoms with Crippen LogP contribution in [0.4, 0.5) is 5.69 Å². The fourth-order valence-electron chi connectivity index (χ4n) is 1.44. The lowest BCUT2D eigenvalue weighted by Crippen LogP contribution is -2.10. The number of alkyl halides is 1. The maximum Gasteiger partial charge on any atom is 0.304 e. The molecule has 0 heterocycles. The first-order valence-electron chi connectivity index (χ1n) is 5.20. The number of carbonyl (C=O) groups excluding carboxylic acids is 1. The first-order chi connectivity index (χ1) is 7.97. The second-order valence-electron chi connectivity index (χ2n) is 3.78. The number of amides is 1. The maximum absolute atomic E-state index is 10.8. The quantitative estimate of drug-likeness (QED) is 0.793. The summed E-state index contributed by atoms with van der Waals surface area (Å²) in [7, 11) is 0. The summed E-state index contributed by atoms with van der Waals surface area (Å²) in [5, 5.41) is 10.8. The van der Waals surface area contributed by atoms with Gasteiger partial charge in [-0.2, -0.15) is 0 Å². The molecule has 0 aliphatic heterocycles. The van der Waals surface area contributed by atoms with Crippen molar-refractivity contribution in [2.24, 2.45) is 0 Å². The summed E-state index contributed by atoms with van der Waals surface area (Å²) < 4.78 is 0. The zero-order valence-corrected chi connectivity index (χ0v) is 10.2. The smallest absolute Gasteiger partial charge is 0.304 e. The van der Waals surface area contributed by atoms with Gasteiger partial charge in [0.05, 0.1) is 6.42 Å². The van der Waals surface area contributed by atoms with Crippen molar-refractivity contribution in [2.75, 3.05) is 5.32 Å². The van der Waals surface area contributed by atoms with Gasteiger partial charge in [-0.15, -0.1) is 11.6 Å². The number of hydrogen-bond acceptors (Lipinski definition) is 2. The van der Waals surface area contributed by atoms with Gasteiger partial charge >= 0.3 is 5.97 Å². The van der Waals surface area contributed by atoms with Crippen molar-refractivity contribution in [2.45, 2.75) is 25.1 Å². The average molecular weight is 256 g/mol. The van der Waals surface area contributed by atoms with Crippen molar-refractivity contribution >= 4 is 29.2 Å². The van der Waals surface area contributed by atoms with Crippen LogP contribution in [0.1, 0.15) is 18.9 Å². The van der Waals surface area contributed by atoms with Crippen molar-refractivity contribution < 1.29 is 14.7 Å². The van der Waals surface area contributed by atoms with Crippen molar-refractivity contribution in [1.82, 2.24) is 0 Å². The molecule has 92 valence electrons. The van der Waals surface area contributed by atoms with E-state index in [1.165, 1.54) is 6.92 Å². The van der Waals surface area contributed by atoms with Gasteiger partial charge in [0.2, 0.25) is 5.91 Å². The standard InChI is InChI=1S/C12H14ClNO3/c1-8(15)14-11-4-2-9(3-5-11)6-10(13)7-12(16)17/h2-5,10H,6-7H2,1H3,(H,14,15)(H,16,17). The second kappa shape index (κ2) is 6.25. The zero-order valence-electron chi connectivity index (χ0n) is 9.44. The van der Waals surface area contributed by atoms with Crippen molar-refractivity contribution in [1.29, 1.82) is 0 Å². The Hall–Kier alpha value is -1.55. The first-order valence-corrected chi connectivity index (χ1v) is 5.63. The van der Waals surface area contributed by atoms with Gasteiger partial charge in [0.25, 0.3) is 0 Å². The van der Waals surface area contributed by atoms with E-state index >= 15 is 0 Å². The summed E-state index contributed by atoms with van der Waals surface area (Å²) in [6.45, 7) is 1.44. The Morgan fingerprint density at radius 2 is 1.94 bits per heavy atom. The minimum Gasteiger partial charge on any atom is -0.481 e. The predicted molar refractivity (Wildman–Crippen MR) is 66.3 cm³/mol. The van der Waals surface area contributed by atoms with Crippen LogP contribution in [0.25, 0.3) is 0 Å². The molecule has 1 aromatic rings. The van der Waals surface area contributed by atoms with E-state index in [1.54, 1.807) is 12.1 Å². The SMILES string of the molecule is CC(=O)Nc1ccc(CC(Cl)CC(=O)O)cc1. The predicted octanol–water partition coefficient (Wildman–Crippen LogP) is 2.27. The Kier molecular flexibility index (Phi) is 4.97. The van der Waals surface area contributed by atoms with Gasteiger partial charge in [-0.3, -0.25) is 9.59 Å². The number of carbonyl (C=O) groups is 2. The Morgan fingerprint density at radius 3 is 2.41 bits per heavy atom. The van der Waals surface area contributed by atoms with Gasteiger partial charge in [0.15, 0.2) is 0 Å². The molecule has 2 N–H and O–H groups in total. The summed E-state index contributed by atoms with van der Waals surface area (Å²) in [4.78, 5) is 21.2. The molecule has 0 spiro atoms. The number of nitrogens with one attached hydrogen (secondary N) is 1. The molecule has 0 saturated carbocycles. The highest BCUT2D eigenvalue weighted by molar-refractivity contribution is 6.21. The number of carboxylic acid groups (broad SMARTS) is 1. The van der Waals surface area contributed by atoms with Gasteiger partial charge in [0, 0.05) is 18.0 Å². The number of rotatable bonds is 5. The van der Waals surface area contributed by atoms with Crippen LogP contribution in [0, 0.1) is 0 Å². The number of aliphatic carboxylic acids is 1. The van der Waals surface area contributed by atoms with E-state index in [0.29, 0.717) is 12.1 Å². The van der Waals surface area contributed by atoms with Gasteiger partial charge < -0.3 is 10.4 Å². The van der Waals surface area contributed by atoms with Gasteiger partial charge in [-0.05, 0) is 24.1 Å². The molecule has 0 aliphatic carbocycles. The summed E-state index contributed by atoms with van der Waals surface area (Å²) in [5.74, 6) is -1.03. The third-order valence-corrected chi connectivity index (χ3v) is 2.44. The van der Waals surface area contributed by atoms with Gasteiger partial charge in [-0.1, -0.05) is 12.1 Å². The Balaban J connectivity index is 2.56. The molecule has 0 aliphatic rings. The van der Waals surface area contributed by atoms with Crippen LogP contribution < -0.4 is 5.32 Å². The molecule has 5 heteroatoms. The Morgan fingerprint density at radius 1 is 1.35 bits per heavy atom. The topological polar surface area (TPSA) is 66.4 Å². The summed E-state index contributed by atoms with van der Waals surface area (Å²) in [6.07, 6.45) is 0.434. The summed E-state index contributed by atoms with van der Waals surface area (Å²) >= 11 is 5.88. The molecule has 0 saturated heterocycles. The van der Waals surface area contributed by atoms with Crippen molar-refractivity contribution in [3.8, 4) is 0 Å². The lowest BCUT2D eigenvalue weighted by Gasteiger charge is -2.08. The largest absolute Gasteiger partial charge is 0.481 e. The van der Waals surface area contributed by atoms with Crippen LogP contribution in [0.5, 0.6) is 0 Å². The zero-order chi connectivity index (χ0) is 12.8. The highest BCUT2D eigenvalue weighted by Gasteiger charge is 2.10. The lowest BCUT2D eigenvalue weighted by atomic mass is 10.1. The summed E-state index contributed by atoms with van der Waals surface area (Å²) in [6, 6.07) is 7.17. The van der Waals surface area contributed by atoms with Crippen molar-refractivity contribution in [3.63, 3.8) is 0 Å². The van der Waals surface area contributed by atoms with E-state index in [9.17, 15) is 9.59 Å². The number of hydrogen-bond donors (Lipinski definition) is 2. The molecule has 1 atom stereocenters. The molecule has 1 amide bonds. The van der Waals surface area contributed by atoms with Crippen LogP contribution in [0.3, 0.4) is 0 Å². The second-order valence-corrected chi connectivity index (χ2v) is 4.39. The van der Waals surface area contributed by atoms with E-state index in [-0.39, 0.29) is 12.3 Å². The summed E-state index contributed by atoms with van der Waals surface area (Å²) in [5.41, 5.74) is 1.66. The molecule has 0 fully saturated rings. The first kappa shape index (κ1) is 13.5. The maximum atomic E-state index is 10.8. The molecule has 1 rings (SSSR count). The van der Waals surface area contributed by atoms with E-state index < -0.39 is 11.3 Å². The molecule has 0 aromatic heterocycles. The number of anilines is 1. The van der Waals surface area contributed by atoms with E-state index in [1.807, 2.05) is 12.1 Å². The molecule has 0 radical (unpaired) electrons. The monoisotopic (exact) mass is 255 g/mol. The lowest BCUT2D eigenvalue weighted by molar-refractivity contribution is -0.137. The van der Waals surface area contributed by atoms with Crippen LogP contribution in [-0.4, -0.2) is 22.4 Å². The molecule has 0 bridgehead atoms. The molecular weight excluding hydrogens is 242 g/mol. The normalized spacial score (nSPS) is 11.9. The number of carboxylic acids is 1. The Labute approximate surface area is 105 Å². The van der Waals surface area contributed by atoms with Gasteiger partial charge in [0.1, 0.15) is 0 Å². The molecule has 1 unspecified atom stereocenters. The highest BCUT2D eigenvalue weighted by Crippen LogP contribution is 2.14. The van der Waals surface area contributed by atoms with Crippen molar-refractivity contribution in [3.05, 3.63) is 29.8 Å². The average Bonchev–Trinajstić information content (AvgIpc) is 2.18. The minimum atomic E-state index is -0.903. The molecular formula is C12H14ClNO3.